The van der Waals surface area contributed by atoms with Crippen LogP contribution < -0.4 is 5.48 Å². The fourth-order valence-corrected chi connectivity index (χ4v) is 3.45. The lowest BCUT2D eigenvalue weighted by molar-refractivity contribution is -0.148. The van der Waals surface area contributed by atoms with Gasteiger partial charge in [0.1, 0.15) is 5.82 Å². The van der Waals surface area contributed by atoms with E-state index in [0.717, 1.165) is 23.5 Å². The first-order chi connectivity index (χ1) is 15.6. The molecule has 1 aromatic carbocycles. The Bertz CT molecular complexity index is 981. The standard InChI is InChI=1S/C20H23F6N5O2/c1-2-3-6-33-29-13(7-12-8-15(22)16(23)10-14(12)21)9-18(32)30-4-5-31-17(11-30)27-28-19(31)20(24,25)26/h8,10,13,29H,2-7,9,11H2,1H3/t13-/m1/s1. The highest BCUT2D eigenvalue weighted by Crippen LogP contribution is 2.29. The molecule has 3 rings (SSSR count). The number of fused-ring (bicyclic) bond motifs is 1. The van der Waals surface area contributed by atoms with Gasteiger partial charge in [0.05, 0.1) is 13.2 Å². The number of unbranched alkanes of at least 4 members (excludes halogenated alkanes) is 1. The van der Waals surface area contributed by atoms with Crippen molar-refractivity contribution in [1.29, 1.82) is 0 Å². The van der Waals surface area contributed by atoms with Crippen molar-refractivity contribution >= 4 is 5.91 Å². The summed E-state index contributed by atoms with van der Waals surface area (Å²) in [7, 11) is 0. The summed E-state index contributed by atoms with van der Waals surface area (Å²) < 4.78 is 80.8. The third-order valence-electron chi connectivity index (χ3n) is 5.19. The molecule has 0 aliphatic carbocycles. The molecule has 0 saturated heterocycles. The van der Waals surface area contributed by atoms with Gasteiger partial charge in [-0.05, 0) is 24.5 Å². The first-order valence-electron chi connectivity index (χ1n) is 10.4. The van der Waals surface area contributed by atoms with Gasteiger partial charge in [-0.2, -0.15) is 18.7 Å². The van der Waals surface area contributed by atoms with Crippen molar-refractivity contribution in [2.24, 2.45) is 0 Å². The molecule has 13 heteroatoms. The van der Waals surface area contributed by atoms with E-state index in [1.807, 2.05) is 6.92 Å². The van der Waals surface area contributed by atoms with Crippen molar-refractivity contribution in [2.75, 3.05) is 13.2 Å². The smallest absolute Gasteiger partial charge is 0.333 e. The molecule has 0 unspecified atom stereocenters. The molecule has 1 aliphatic heterocycles. The maximum atomic E-state index is 14.1. The summed E-state index contributed by atoms with van der Waals surface area (Å²) in [6.45, 7) is 1.95. The Kier molecular flexibility index (Phi) is 7.95. The fourth-order valence-electron chi connectivity index (χ4n) is 3.45. The predicted octanol–water partition coefficient (Wildman–Crippen LogP) is 3.38. The van der Waals surface area contributed by atoms with Crippen molar-refractivity contribution in [3.8, 4) is 0 Å². The zero-order chi connectivity index (χ0) is 24.2. The lowest BCUT2D eigenvalue weighted by Gasteiger charge is -2.29. The molecule has 1 aliphatic rings. The molecular weight excluding hydrogens is 456 g/mol. The monoisotopic (exact) mass is 479 g/mol. The Morgan fingerprint density at radius 3 is 2.58 bits per heavy atom. The highest BCUT2D eigenvalue weighted by molar-refractivity contribution is 5.77. The SMILES string of the molecule is CCCCON[C@@H](CC(=O)N1CCn2c(nnc2C(F)(F)F)C1)Cc1cc(F)c(F)cc1F. The number of rotatable bonds is 9. The minimum Gasteiger partial charge on any atom is -0.333 e. The summed E-state index contributed by atoms with van der Waals surface area (Å²) in [5, 5.41) is 6.71. The Hall–Kier alpha value is -2.67. The highest BCUT2D eigenvalue weighted by Gasteiger charge is 2.40. The quantitative estimate of drug-likeness (QED) is 0.259. The van der Waals surface area contributed by atoms with Crippen molar-refractivity contribution in [3.05, 3.63) is 46.8 Å². The number of aromatic nitrogens is 3. The van der Waals surface area contributed by atoms with E-state index >= 15 is 0 Å². The summed E-state index contributed by atoms with van der Waals surface area (Å²) >= 11 is 0. The number of hydroxylamine groups is 1. The molecule has 0 spiro atoms. The van der Waals surface area contributed by atoms with E-state index < -0.39 is 41.4 Å². The van der Waals surface area contributed by atoms with Gasteiger partial charge in [-0.25, -0.2) is 13.2 Å². The molecule has 0 saturated carbocycles. The molecule has 1 N–H and O–H groups in total. The molecule has 1 aromatic heterocycles. The number of hydrogen-bond donors (Lipinski definition) is 1. The Morgan fingerprint density at radius 2 is 1.88 bits per heavy atom. The van der Waals surface area contributed by atoms with Crippen LogP contribution in [0, 0.1) is 17.5 Å². The van der Waals surface area contributed by atoms with E-state index in [2.05, 4.69) is 15.7 Å². The third-order valence-corrected chi connectivity index (χ3v) is 5.19. The lowest BCUT2D eigenvalue weighted by atomic mass is 10.0. The van der Waals surface area contributed by atoms with Gasteiger partial charge in [-0.1, -0.05) is 13.3 Å². The van der Waals surface area contributed by atoms with Crippen LogP contribution in [0.5, 0.6) is 0 Å². The predicted molar refractivity (Wildman–Crippen MR) is 103 cm³/mol. The van der Waals surface area contributed by atoms with Gasteiger partial charge < -0.3 is 14.3 Å². The van der Waals surface area contributed by atoms with E-state index in [0.29, 0.717) is 12.7 Å². The number of nitrogens with one attached hydrogen (secondary N) is 1. The number of amides is 1. The summed E-state index contributed by atoms with van der Waals surface area (Å²) in [4.78, 5) is 19.5. The molecule has 2 heterocycles. The van der Waals surface area contributed by atoms with Gasteiger partial charge in [-0.3, -0.25) is 4.79 Å². The van der Waals surface area contributed by atoms with Crippen molar-refractivity contribution in [1.82, 2.24) is 25.1 Å². The normalized spacial score (nSPS) is 14.9. The summed E-state index contributed by atoms with van der Waals surface area (Å²) in [6.07, 6.45) is -3.49. The molecule has 0 radical (unpaired) electrons. The molecule has 1 amide bonds. The first-order valence-corrected chi connectivity index (χ1v) is 10.4. The second kappa shape index (κ2) is 10.5. The van der Waals surface area contributed by atoms with Crippen LogP contribution in [-0.4, -0.2) is 44.8 Å². The highest BCUT2D eigenvalue weighted by atomic mass is 19.4. The fraction of sp³-hybridized carbons (Fsp3) is 0.550. The summed E-state index contributed by atoms with van der Waals surface area (Å²) in [5.74, 6) is -5.09. The van der Waals surface area contributed by atoms with Crippen molar-refractivity contribution < 1.29 is 36.0 Å². The van der Waals surface area contributed by atoms with Crippen LogP contribution in [-0.2, 0) is 35.3 Å². The minimum atomic E-state index is -4.66. The molecule has 182 valence electrons. The van der Waals surface area contributed by atoms with Crippen LogP contribution in [0.25, 0.3) is 0 Å². The van der Waals surface area contributed by atoms with Gasteiger partial charge in [0.25, 0.3) is 0 Å². The third kappa shape index (κ3) is 6.22. The number of benzene rings is 1. The minimum absolute atomic E-state index is 0.00252. The Balaban J connectivity index is 1.69. The van der Waals surface area contributed by atoms with E-state index in [1.165, 1.54) is 4.90 Å². The van der Waals surface area contributed by atoms with Gasteiger partial charge in [0.15, 0.2) is 17.5 Å². The van der Waals surface area contributed by atoms with Crippen molar-refractivity contribution in [3.63, 3.8) is 0 Å². The van der Waals surface area contributed by atoms with Crippen LogP contribution in [0.15, 0.2) is 12.1 Å². The number of alkyl halides is 3. The molecule has 7 nitrogen and oxygen atoms in total. The van der Waals surface area contributed by atoms with E-state index in [9.17, 15) is 31.1 Å². The number of carbonyl (C=O) groups excluding carboxylic acids is 1. The first kappa shape index (κ1) is 25.0. The molecule has 33 heavy (non-hydrogen) atoms. The molecular formula is C20H23F6N5O2. The van der Waals surface area contributed by atoms with E-state index in [-0.39, 0.29) is 43.9 Å². The maximum Gasteiger partial charge on any atom is 0.451 e. The number of halogens is 6. The molecule has 2 aromatic rings. The van der Waals surface area contributed by atoms with Gasteiger partial charge in [-0.15, -0.1) is 10.2 Å². The van der Waals surface area contributed by atoms with Gasteiger partial charge in [0.2, 0.25) is 11.7 Å². The molecule has 0 fully saturated rings. The Labute approximate surface area is 185 Å². The van der Waals surface area contributed by atoms with Gasteiger partial charge >= 0.3 is 6.18 Å². The van der Waals surface area contributed by atoms with Gasteiger partial charge in [0, 0.05) is 31.6 Å². The van der Waals surface area contributed by atoms with Crippen LogP contribution in [0.2, 0.25) is 0 Å². The van der Waals surface area contributed by atoms with E-state index in [1.54, 1.807) is 0 Å². The van der Waals surface area contributed by atoms with E-state index in [4.69, 9.17) is 4.84 Å². The van der Waals surface area contributed by atoms with Crippen LogP contribution in [0.1, 0.15) is 43.4 Å². The van der Waals surface area contributed by atoms with Crippen LogP contribution in [0.4, 0.5) is 26.3 Å². The number of hydrogen-bond acceptors (Lipinski definition) is 5. The summed E-state index contributed by atoms with van der Waals surface area (Å²) in [6, 6.07) is 0.356. The second-order valence-electron chi connectivity index (χ2n) is 7.69. The van der Waals surface area contributed by atoms with Crippen LogP contribution >= 0.6 is 0 Å². The number of carbonyl (C=O) groups is 1. The Morgan fingerprint density at radius 1 is 1.15 bits per heavy atom. The average Bonchev–Trinajstić information content (AvgIpc) is 3.18. The maximum absolute atomic E-state index is 14.1. The van der Waals surface area contributed by atoms with Crippen molar-refractivity contribution in [2.45, 2.75) is 57.9 Å². The summed E-state index contributed by atoms with van der Waals surface area (Å²) in [5.41, 5.74) is 2.52. The lowest BCUT2D eigenvalue weighted by Crippen LogP contribution is -2.43. The topological polar surface area (TPSA) is 72.3 Å². The van der Waals surface area contributed by atoms with Crippen LogP contribution in [0.3, 0.4) is 0 Å². The largest absolute Gasteiger partial charge is 0.451 e. The molecule has 1 atom stereocenters. The zero-order valence-corrected chi connectivity index (χ0v) is 17.8. The number of nitrogens with zero attached hydrogens (tertiary/aromatic N) is 4. The molecule has 0 bridgehead atoms. The zero-order valence-electron chi connectivity index (χ0n) is 17.8. The second-order valence-corrected chi connectivity index (χ2v) is 7.69. The average molecular weight is 479 g/mol.